The van der Waals surface area contributed by atoms with E-state index < -0.39 is 9.84 Å². The van der Waals surface area contributed by atoms with E-state index >= 15 is 0 Å². The number of aromatic nitrogens is 3. The van der Waals surface area contributed by atoms with Gasteiger partial charge >= 0.3 is 0 Å². The van der Waals surface area contributed by atoms with Gasteiger partial charge in [0.25, 0.3) is 5.91 Å². The number of anilines is 1. The first kappa shape index (κ1) is 25.7. The predicted molar refractivity (Wildman–Crippen MR) is 148 cm³/mol. The van der Waals surface area contributed by atoms with Gasteiger partial charge < -0.3 is 15.5 Å². The van der Waals surface area contributed by atoms with Crippen LogP contribution in [0.1, 0.15) is 28.5 Å². The number of nitrogens with zero attached hydrogens (tertiary/aromatic N) is 4. The lowest BCUT2D eigenvalue weighted by atomic mass is 10.1. The van der Waals surface area contributed by atoms with Gasteiger partial charge in [0.15, 0.2) is 9.84 Å². The maximum atomic E-state index is 12.7. The zero-order valence-corrected chi connectivity index (χ0v) is 22.4. The van der Waals surface area contributed by atoms with Crippen LogP contribution in [0.2, 0.25) is 0 Å². The van der Waals surface area contributed by atoms with Gasteiger partial charge in [-0.1, -0.05) is 12.1 Å². The number of rotatable bonds is 6. The molecule has 5 rings (SSSR count). The van der Waals surface area contributed by atoms with E-state index in [1.165, 1.54) is 6.07 Å². The summed E-state index contributed by atoms with van der Waals surface area (Å²) in [4.78, 5) is 29.3. The second kappa shape index (κ2) is 10.5. The van der Waals surface area contributed by atoms with Gasteiger partial charge in [-0.2, -0.15) is 0 Å². The Bertz CT molecular complexity index is 1620. The summed E-state index contributed by atoms with van der Waals surface area (Å²) in [5.41, 5.74) is 3.83. The molecule has 0 radical (unpaired) electrons. The summed E-state index contributed by atoms with van der Waals surface area (Å²) >= 11 is 0. The van der Waals surface area contributed by atoms with Crippen molar-refractivity contribution in [1.82, 2.24) is 25.6 Å². The van der Waals surface area contributed by atoms with Gasteiger partial charge in [-0.25, -0.2) is 18.4 Å². The number of carbonyl (C=O) groups excluding carboxylic acids is 1. The second-order valence-corrected chi connectivity index (χ2v) is 11.7. The number of hydrogen-bond acceptors (Lipinski definition) is 8. The summed E-state index contributed by atoms with van der Waals surface area (Å²) in [6.07, 6.45) is 2.86. The van der Waals surface area contributed by atoms with Gasteiger partial charge in [-0.05, 0) is 61.9 Å². The quantitative estimate of drug-likeness (QED) is 0.391. The van der Waals surface area contributed by atoms with E-state index in [4.69, 9.17) is 9.97 Å². The molecule has 38 heavy (non-hydrogen) atoms. The number of piperazine rings is 1. The molecule has 1 aliphatic rings. The van der Waals surface area contributed by atoms with Crippen molar-refractivity contribution in [2.24, 2.45) is 0 Å². The molecule has 0 aliphatic carbocycles. The second-order valence-electron chi connectivity index (χ2n) is 9.68. The molecule has 3 aromatic heterocycles. The van der Waals surface area contributed by atoms with E-state index in [9.17, 15) is 13.2 Å². The average Bonchev–Trinajstić information content (AvgIpc) is 2.91. The molecule has 0 spiro atoms. The third kappa shape index (κ3) is 5.66. The summed E-state index contributed by atoms with van der Waals surface area (Å²) in [7, 11) is -3.43. The first-order valence-electron chi connectivity index (χ1n) is 12.5. The highest BCUT2D eigenvalue weighted by Gasteiger charge is 2.18. The van der Waals surface area contributed by atoms with E-state index in [1.54, 1.807) is 25.3 Å². The van der Waals surface area contributed by atoms with Crippen LogP contribution in [0.25, 0.3) is 22.3 Å². The van der Waals surface area contributed by atoms with Crippen molar-refractivity contribution in [3.8, 4) is 11.4 Å². The van der Waals surface area contributed by atoms with Crippen molar-refractivity contribution in [1.29, 1.82) is 0 Å². The van der Waals surface area contributed by atoms with Gasteiger partial charge in [0.2, 0.25) is 0 Å². The molecule has 4 aromatic rings. The van der Waals surface area contributed by atoms with Crippen LogP contribution in [0.4, 0.5) is 5.82 Å². The molecule has 0 bridgehead atoms. The largest absolute Gasteiger partial charge is 0.354 e. The molecular formula is C28H30N6O3S. The molecule has 1 fully saturated rings. The van der Waals surface area contributed by atoms with Crippen LogP contribution in [0, 0.1) is 6.92 Å². The zero-order valence-electron chi connectivity index (χ0n) is 21.6. The molecule has 1 aliphatic heterocycles. The molecule has 9 nitrogen and oxygen atoms in total. The lowest BCUT2D eigenvalue weighted by molar-refractivity contribution is 0.0950. The number of aryl methyl sites for hydroxylation is 1. The van der Waals surface area contributed by atoms with Crippen molar-refractivity contribution in [2.45, 2.75) is 31.3 Å². The van der Waals surface area contributed by atoms with E-state index in [0.29, 0.717) is 17.3 Å². The summed E-state index contributed by atoms with van der Waals surface area (Å²) in [6.45, 7) is 6.79. The Morgan fingerprint density at radius 3 is 2.71 bits per heavy atom. The summed E-state index contributed by atoms with van der Waals surface area (Å²) in [5.74, 6) is 0.563. The molecule has 0 saturated carbocycles. The van der Waals surface area contributed by atoms with Gasteiger partial charge in [0.05, 0.1) is 34.0 Å². The Kier molecular flexibility index (Phi) is 7.09. The Labute approximate surface area is 222 Å². The Morgan fingerprint density at radius 2 is 1.92 bits per heavy atom. The van der Waals surface area contributed by atoms with Crippen molar-refractivity contribution < 1.29 is 13.2 Å². The Morgan fingerprint density at radius 1 is 1.11 bits per heavy atom. The summed E-state index contributed by atoms with van der Waals surface area (Å²) in [5, 5.41) is 7.16. The summed E-state index contributed by atoms with van der Waals surface area (Å²) in [6, 6.07) is 16.8. The summed E-state index contributed by atoms with van der Waals surface area (Å²) < 4.78 is 24.0. The predicted octanol–water partition coefficient (Wildman–Crippen LogP) is 3.13. The monoisotopic (exact) mass is 530 g/mol. The number of benzene rings is 1. The molecule has 1 saturated heterocycles. The van der Waals surface area contributed by atoms with Gasteiger partial charge in [-0.3, -0.25) is 9.78 Å². The van der Waals surface area contributed by atoms with Crippen LogP contribution < -0.4 is 15.5 Å². The van der Waals surface area contributed by atoms with E-state index in [2.05, 4.69) is 27.4 Å². The highest BCUT2D eigenvalue weighted by molar-refractivity contribution is 7.90. The van der Waals surface area contributed by atoms with Gasteiger partial charge in [0, 0.05) is 49.1 Å². The molecule has 1 aromatic carbocycles. The molecular weight excluding hydrogens is 500 g/mol. The van der Waals surface area contributed by atoms with Crippen LogP contribution in [0.15, 0.2) is 65.7 Å². The maximum Gasteiger partial charge on any atom is 0.251 e. The fourth-order valence-electron chi connectivity index (χ4n) is 4.59. The fourth-order valence-corrected chi connectivity index (χ4v) is 5.59. The fraction of sp³-hybridized carbons (Fsp3) is 0.286. The molecule has 0 unspecified atom stereocenters. The number of amides is 1. The number of sulfone groups is 1. The Hall–Kier alpha value is -3.89. The molecule has 10 heteroatoms. The molecule has 2 N–H and O–H groups in total. The lowest BCUT2D eigenvalue weighted by Gasteiger charge is -2.32. The topological polar surface area (TPSA) is 117 Å². The number of pyridine rings is 3. The standard InChI is InChI=1S/C28H30N6O3S/c1-18-7-8-20(13-26(18)38(3,36)37)28(35)31-16-22-14-25-21(15-30-22)9-10-24(32-25)23-5-4-6-27(33-23)34-12-11-29-19(2)17-34/h4-10,13-15,19,29H,11-12,16-17H2,1-3H3,(H,31,35)/t19-/m0/s1. The number of nitrogens with one attached hydrogen (secondary N) is 2. The van der Waals surface area contributed by atoms with E-state index in [-0.39, 0.29) is 22.9 Å². The maximum absolute atomic E-state index is 12.7. The van der Waals surface area contributed by atoms with Crippen LogP contribution in [-0.4, -0.2) is 61.2 Å². The van der Waals surface area contributed by atoms with Crippen LogP contribution in [-0.2, 0) is 16.4 Å². The molecule has 1 amide bonds. The van der Waals surface area contributed by atoms with Crippen LogP contribution in [0.3, 0.4) is 0 Å². The van der Waals surface area contributed by atoms with Gasteiger partial charge in [-0.15, -0.1) is 0 Å². The van der Waals surface area contributed by atoms with Crippen molar-refractivity contribution in [3.05, 3.63) is 77.6 Å². The van der Waals surface area contributed by atoms with Gasteiger partial charge in [0.1, 0.15) is 5.82 Å². The minimum atomic E-state index is -3.43. The molecule has 4 heterocycles. The molecule has 1 atom stereocenters. The van der Waals surface area contributed by atoms with Crippen molar-refractivity contribution in [2.75, 3.05) is 30.8 Å². The van der Waals surface area contributed by atoms with E-state index in [0.717, 1.165) is 54.0 Å². The number of hydrogen-bond donors (Lipinski definition) is 2. The van der Waals surface area contributed by atoms with Crippen molar-refractivity contribution >= 4 is 32.5 Å². The minimum absolute atomic E-state index is 0.148. The number of fused-ring (bicyclic) bond motifs is 1. The SMILES string of the molecule is Cc1ccc(C(=O)NCc2cc3nc(-c4cccc(N5CCN[C@@H](C)C5)n4)ccc3cn2)cc1S(C)(=O)=O. The third-order valence-electron chi connectivity index (χ3n) is 6.60. The lowest BCUT2D eigenvalue weighted by Crippen LogP contribution is -2.49. The number of carbonyl (C=O) groups is 1. The highest BCUT2D eigenvalue weighted by Crippen LogP contribution is 2.23. The van der Waals surface area contributed by atoms with E-state index in [1.807, 2.05) is 36.4 Å². The first-order chi connectivity index (χ1) is 18.2. The first-order valence-corrected chi connectivity index (χ1v) is 14.4. The minimum Gasteiger partial charge on any atom is -0.354 e. The average molecular weight is 531 g/mol. The smallest absolute Gasteiger partial charge is 0.251 e. The molecule has 196 valence electrons. The zero-order chi connectivity index (χ0) is 26.9. The van der Waals surface area contributed by atoms with Crippen LogP contribution >= 0.6 is 0 Å². The highest BCUT2D eigenvalue weighted by atomic mass is 32.2. The van der Waals surface area contributed by atoms with Crippen molar-refractivity contribution in [3.63, 3.8) is 0 Å². The normalized spacial score (nSPS) is 16.0. The Balaban J connectivity index is 1.34. The third-order valence-corrected chi connectivity index (χ3v) is 7.84. The van der Waals surface area contributed by atoms with Crippen LogP contribution in [0.5, 0.6) is 0 Å².